The molecule has 1 aromatic rings. The minimum atomic E-state index is -3.40. The highest BCUT2D eigenvalue weighted by Crippen LogP contribution is 2.21. The predicted molar refractivity (Wildman–Crippen MR) is 96.2 cm³/mol. The van der Waals surface area contributed by atoms with E-state index in [9.17, 15) is 13.2 Å². The van der Waals surface area contributed by atoms with Gasteiger partial charge in [-0.3, -0.25) is 15.6 Å². The largest absolute Gasteiger partial charge is 0.340 e. The summed E-state index contributed by atoms with van der Waals surface area (Å²) in [6.45, 7) is 5.36. The lowest BCUT2D eigenvalue weighted by atomic mass is 10.1. The van der Waals surface area contributed by atoms with Crippen LogP contribution >= 0.6 is 0 Å². The fraction of sp³-hybridized carbons (Fsp3) is 0.588. The van der Waals surface area contributed by atoms with E-state index < -0.39 is 15.3 Å². The molecule has 8 heteroatoms. The maximum atomic E-state index is 12.9. The van der Waals surface area contributed by atoms with Crippen LogP contribution in [0.3, 0.4) is 0 Å². The van der Waals surface area contributed by atoms with Gasteiger partial charge in [0.2, 0.25) is 15.9 Å². The molecule has 2 atom stereocenters. The van der Waals surface area contributed by atoms with Crippen LogP contribution in [0.1, 0.15) is 19.4 Å². The number of rotatable bonds is 4. The van der Waals surface area contributed by atoms with Crippen LogP contribution in [-0.2, 0) is 21.2 Å². The van der Waals surface area contributed by atoms with Crippen LogP contribution in [0.25, 0.3) is 0 Å². The number of sulfonamides is 1. The first kappa shape index (κ1) is 18.3. The molecule has 1 amide bonds. The number of hydrazine groups is 1. The van der Waals surface area contributed by atoms with Crippen LogP contribution in [0.2, 0.25) is 0 Å². The zero-order chi connectivity index (χ0) is 18.0. The van der Waals surface area contributed by atoms with Gasteiger partial charge in [-0.05, 0) is 19.4 Å². The molecular weight excluding hydrogens is 340 g/mol. The molecule has 0 spiro atoms. The number of nitrogens with zero attached hydrogens (tertiary/aromatic N) is 2. The molecule has 2 heterocycles. The highest BCUT2D eigenvalue weighted by molar-refractivity contribution is 7.89. The topological polar surface area (TPSA) is 81.8 Å². The molecule has 2 saturated heterocycles. The van der Waals surface area contributed by atoms with Crippen molar-refractivity contribution in [1.82, 2.24) is 20.1 Å². The van der Waals surface area contributed by atoms with Crippen molar-refractivity contribution >= 4 is 15.9 Å². The molecule has 2 aliphatic rings. The van der Waals surface area contributed by atoms with Crippen LogP contribution < -0.4 is 10.9 Å². The van der Waals surface area contributed by atoms with E-state index in [0.717, 1.165) is 5.56 Å². The molecule has 2 aliphatic heterocycles. The van der Waals surface area contributed by atoms with E-state index in [0.29, 0.717) is 32.6 Å². The number of benzene rings is 1. The molecule has 1 aromatic carbocycles. The van der Waals surface area contributed by atoms with Gasteiger partial charge in [0.05, 0.1) is 6.42 Å². The summed E-state index contributed by atoms with van der Waals surface area (Å²) in [5.74, 6) is 0.0502. The summed E-state index contributed by atoms with van der Waals surface area (Å²) < 4.78 is 27.4. The first-order chi connectivity index (χ1) is 11.9. The smallest absolute Gasteiger partial charge is 0.227 e. The molecule has 3 rings (SSSR count). The van der Waals surface area contributed by atoms with E-state index in [4.69, 9.17) is 0 Å². The zero-order valence-corrected chi connectivity index (χ0v) is 15.5. The number of carbonyl (C=O) groups excluding carboxylic acids is 1. The van der Waals surface area contributed by atoms with Gasteiger partial charge in [0.1, 0.15) is 5.25 Å². The summed E-state index contributed by atoms with van der Waals surface area (Å²) in [6, 6.07) is 9.34. The number of nitrogens with one attached hydrogen (secondary N) is 2. The number of piperazine rings is 1. The highest BCUT2D eigenvalue weighted by Gasteiger charge is 2.44. The van der Waals surface area contributed by atoms with Crippen molar-refractivity contribution < 1.29 is 13.2 Å². The Kier molecular flexibility index (Phi) is 5.43. The van der Waals surface area contributed by atoms with Crippen molar-refractivity contribution in [3.8, 4) is 0 Å². The van der Waals surface area contributed by atoms with E-state index in [1.165, 1.54) is 4.31 Å². The third kappa shape index (κ3) is 3.87. The first-order valence-electron chi connectivity index (χ1n) is 8.71. The fourth-order valence-electron chi connectivity index (χ4n) is 3.62. The van der Waals surface area contributed by atoms with Crippen LogP contribution in [0, 0.1) is 0 Å². The SMILES string of the molecule is CC1NNC(C)C1S(=O)(=O)N1CCN(C(=O)Cc2ccccc2)CC1. The van der Waals surface area contributed by atoms with E-state index in [-0.39, 0.29) is 18.0 Å². The second-order valence-electron chi connectivity index (χ2n) is 6.82. The summed E-state index contributed by atoms with van der Waals surface area (Å²) in [5.41, 5.74) is 6.98. The molecule has 0 radical (unpaired) electrons. The van der Waals surface area contributed by atoms with Gasteiger partial charge in [-0.15, -0.1) is 0 Å². The summed E-state index contributed by atoms with van der Waals surface area (Å²) >= 11 is 0. The third-order valence-electron chi connectivity index (χ3n) is 5.02. The molecule has 0 aromatic heterocycles. The average molecular weight is 366 g/mol. The molecule has 0 aliphatic carbocycles. The van der Waals surface area contributed by atoms with Gasteiger partial charge in [-0.2, -0.15) is 4.31 Å². The van der Waals surface area contributed by atoms with Crippen molar-refractivity contribution in [2.24, 2.45) is 0 Å². The maximum absolute atomic E-state index is 12.9. The molecule has 138 valence electrons. The number of hydrogen-bond acceptors (Lipinski definition) is 5. The lowest BCUT2D eigenvalue weighted by Gasteiger charge is -2.36. The van der Waals surface area contributed by atoms with Crippen LogP contribution in [0.5, 0.6) is 0 Å². The number of amides is 1. The summed E-state index contributed by atoms with van der Waals surface area (Å²) in [7, 11) is -3.40. The molecule has 0 saturated carbocycles. The zero-order valence-electron chi connectivity index (χ0n) is 14.7. The highest BCUT2D eigenvalue weighted by atomic mass is 32.2. The quantitative estimate of drug-likeness (QED) is 0.781. The van der Waals surface area contributed by atoms with E-state index in [1.807, 2.05) is 44.2 Å². The normalized spacial score (nSPS) is 28.2. The van der Waals surface area contributed by atoms with Gasteiger partial charge in [0.15, 0.2) is 0 Å². The van der Waals surface area contributed by atoms with Gasteiger partial charge in [-0.1, -0.05) is 30.3 Å². The summed E-state index contributed by atoms with van der Waals surface area (Å²) in [4.78, 5) is 14.2. The third-order valence-corrected chi connectivity index (χ3v) is 7.61. The monoisotopic (exact) mass is 366 g/mol. The Morgan fingerprint density at radius 1 is 1.04 bits per heavy atom. The van der Waals surface area contributed by atoms with E-state index in [1.54, 1.807) is 4.90 Å². The molecule has 2 fully saturated rings. The Bertz CT molecular complexity index is 692. The van der Waals surface area contributed by atoms with Crippen molar-refractivity contribution in [2.45, 2.75) is 37.6 Å². The maximum Gasteiger partial charge on any atom is 0.227 e. The minimum Gasteiger partial charge on any atom is -0.340 e. The number of carbonyl (C=O) groups is 1. The Morgan fingerprint density at radius 3 is 2.16 bits per heavy atom. The van der Waals surface area contributed by atoms with Crippen molar-refractivity contribution in [1.29, 1.82) is 0 Å². The van der Waals surface area contributed by atoms with E-state index in [2.05, 4.69) is 10.9 Å². The summed E-state index contributed by atoms with van der Waals surface area (Å²) in [6.07, 6.45) is 0.359. The Hall–Kier alpha value is -1.48. The van der Waals surface area contributed by atoms with Crippen LogP contribution in [0.4, 0.5) is 0 Å². The first-order valence-corrected chi connectivity index (χ1v) is 10.2. The van der Waals surface area contributed by atoms with Crippen LogP contribution in [0.15, 0.2) is 30.3 Å². The molecule has 0 bridgehead atoms. The van der Waals surface area contributed by atoms with Gasteiger partial charge in [0.25, 0.3) is 0 Å². The molecule has 2 N–H and O–H groups in total. The Balaban J connectivity index is 1.59. The minimum absolute atomic E-state index is 0.0502. The standard InChI is InChI=1S/C17H26N4O3S/c1-13-17(14(2)19-18-13)25(23,24)21-10-8-20(9-11-21)16(22)12-15-6-4-3-5-7-15/h3-7,13-14,17-19H,8-12H2,1-2H3. The lowest BCUT2D eigenvalue weighted by Crippen LogP contribution is -2.55. The van der Waals surface area contributed by atoms with Crippen LogP contribution in [-0.4, -0.2) is 67.0 Å². The van der Waals surface area contributed by atoms with E-state index >= 15 is 0 Å². The van der Waals surface area contributed by atoms with Crippen molar-refractivity contribution in [2.75, 3.05) is 26.2 Å². The Morgan fingerprint density at radius 2 is 1.60 bits per heavy atom. The fourth-order valence-corrected chi connectivity index (χ4v) is 5.81. The Labute approximate surface area is 149 Å². The second-order valence-corrected chi connectivity index (χ2v) is 8.91. The summed E-state index contributed by atoms with van der Waals surface area (Å²) in [5, 5.41) is -0.487. The molecule has 25 heavy (non-hydrogen) atoms. The van der Waals surface area contributed by atoms with Gasteiger partial charge in [0, 0.05) is 38.3 Å². The number of hydrogen-bond donors (Lipinski definition) is 2. The molecule has 2 unspecified atom stereocenters. The molecular formula is C17H26N4O3S. The van der Waals surface area contributed by atoms with Gasteiger partial charge >= 0.3 is 0 Å². The van der Waals surface area contributed by atoms with Gasteiger partial charge < -0.3 is 4.90 Å². The van der Waals surface area contributed by atoms with Crippen molar-refractivity contribution in [3.63, 3.8) is 0 Å². The lowest BCUT2D eigenvalue weighted by molar-refractivity contribution is -0.131. The predicted octanol–water partition coefficient (Wildman–Crippen LogP) is -0.0435. The average Bonchev–Trinajstić information content (AvgIpc) is 2.95. The van der Waals surface area contributed by atoms with Gasteiger partial charge in [-0.25, -0.2) is 8.42 Å². The molecule has 7 nitrogen and oxygen atoms in total. The second kappa shape index (κ2) is 7.41. The van der Waals surface area contributed by atoms with Crippen molar-refractivity contribution in [3.05, 3.63) is 35.9 Å².